The second kappa shape index (κ2) is 5.93. The number of aromatic nitrogens is 1. The molecule has 1 aromatic carbocycles. The summed E-state index contributed by atoms with van der Waals surface area (Å²) in [5, 5.41) is 4.05. The van der Waals surface area contributed by atoms with Gasteiger partial charge in [0.2, 0.25) is 0 Å². The van der Waals surface area contributed by atoms with Crippen LogP contribution in [0.5, 0.6) is 0 Å². The van der Waals surface area contributed by atoms with Gasteiger partial charge in [0.25, 0.3) is 5.91 Å². The molecule has 0 radical (unpaired) electrons. The van der Waals surface area contributed by atoms with Crippen LogP contribution >= 0.6 is 11.8 Å². The summed E-state index contributed by atoms with van der Waals surface area (Å²) in [6.45, 7) is 0.472. The molecule has 1 aliphatic carbocycles. The molecule has 2 aromatic rings. The van der Waals surface area contributed by atoms with Crippen LogP contribution in [0.3, 0.4) is 0 Å². The monoisotopic (exact) mass is 302 g/mol. The number of carbonyl (C=O) groups is 1. The highest BCUT2D eigenvalue weighted by Gasteiger charge is 2.28. The minimum Gasteiger partial charge on any atom is -0.361 e. The lowest BCUT2D eigenvalue weighted by atomic mass is 10.2. The van der Waals surface area contributed by atoms with E-state index in [2.05, 4.69) is 5.16 Å². The van der Waals surface area contributed by atoms with Crippen LogP contribution in [0.2, 0.25) is 0 Å². The summed E-state index contributed by atoms with van der Waals surface area (Å²) in [6, 6.07) is 9.63. The van der Waals surface area contributed by atoms with Crippen molar-refractivity contribution in [1.82, 2.24) is 10.1 Å². The standard InChI is InChI=1S/C16H18N2O2S/c1-18(10-13-9-15(20-17-13)11-3-4-11)16(19)12-5-7-14(21-2)8-6-12/h5-9,11H,3-4,10H2,1-2H3. The second-order valence-corrected chi connectivity index (χ2v) is 6.26. The summed E-state index contributed by atoms with van der Waals surface area (Å²) in [6.07, 6.45) is 4.39. The van der Waals surface area contributed by atoms with Gasteiger partial charge in [0, 0.05) is 29.5 Å². The van der Waals surface area contributed by atoms with Gasteiger partial charge in [-0.3, -0.25) is 4.79 Å². The Morgan fingerprint density at radius 1 is 1.38 bits per heavy atom. The van der Waals surface area contributed by atoms with Crippen molar-refractivity contribution < 1.29 is 9.32 Å². The normalized spacial score (nSPS) is 14.2. The Morgan fingerprint density at radius 3 is 2.71 bits per heavy atom. The van der Waals surface area contributed by atoms with Crippen LogP contribution in [0.15, 0.2) is 39.8 Å². The Labute approximate surface area is 128 Å². The van der Waals surface area contributed by atoms with Gasteiger partial charge in [-0.1, -0.05) is 5.16 Å². The average molecular weight is 302 g/mol. The lowest BCUT2D eigenvalue weighted by Gasteiger charge is -2.15. The van der Waals surface area contributed by atoms with Crippen molar-refractivity contribution in [2.75, 3.05) is 13.3 Å². The molecule has 3 rings (SSSR count). The maximum Gasteiger partial charge on any atom is 0.253 e. The predicted molar refractivity (Wildman–Crippen MR) is 82.5 cm³/mol. The first-order valence-corrected chi connectivity index (χ1v) is 8.25. The number of amides is 1. The zero-order valence-corrected chi connectivity index (χ0v) is 13.0. The van der Waals surface area contributed by atoms with E-state index in [0.29, 0.717) is 18.0 Å². The number of hydrogen-bond acceptors (Lipinski definition) is 4. The van der Waals surface area contributed by atoms with Gasteiger partial charge >= 0.3 is 0 Å². The molecular formula is C16H18N2O2S. The van der Waals surface area contributed by atoms with Crippen molar-refractivity contribution in [2.24, 2.45) is 0 Å². The molecule has 1 heterocycles. The summed E-state index contributed by atoms with van der Waals surface area (Å²) >= 11 is 1.66. The summed E-state index contributed by atoms with van der Waals surface area (Å²) in [5.41, 5.74) is 1.51. The van der Waals surface area contributed by atoms with Crippen LogP contribution in [0.4, 0.5) is 0 Å². The van der Waals surface area contributed by atoms with Crippen LogP contribution in [0.25, 0.3) is 0 Å². The Balaban J connectivity index is 1.65. The molecule has 0 spiro atoms. The lowest BCUT2D eigenvalue weighted by molar-refractivity contribution is 0.0782. The molecule has 1 aliphatic rings. The highest BCUT2D eigenvalue weighted by Crippen LogP contribution is 2.40. The average Bonchev–Trinajstić information content (AvgIpc) is 3.27. The molecule has 1 amide bonds. The van der Waals surface area contributed by atoms with E-state index in [-0.39, 0.29) is 5.91 Å². The second-order valence-electron chi connectivity index (χ2n) is 5.38. The van der Waals surface area contributed by atoms with Crippen LogP contribution < -0.4 is 0 Å². The number of rotatable bonds is 5. The van der Waals surface area contributed by atoms with Crippen LogP contribution in [0.1, 0.15) is 40.6 Å². The first kappa shape index (κ1) is 14.2. The molecule has 0 saturated heterocycles. The van der Waals surface area contributed by atoms with Crippen molar-refractivity contribution in [3.05, 3.63) is 47.3 Å². The molecule has 110 valence electrons. The van der Waals surface area contributed by atoms with E-state index < -0.39 is 0 Å². The summed E-state index contributed by atoms with van der Waals surface area (Å²) in [7, 11) is 1.79. The third kappa shape index (κ3) is 3.29. The van der Waals surface area contributed by atoms with Gasteiger partial charge in [-0.15, -0.1) is 11.8 Å². The molecule has 1 saturated carbocycles. The van der Waals surface area contributed by atoms with Crippen LogP contribution in [0, 0.1) is 0 Å². The van der Waals surface area contributed by atoms with Crippen LogP contribution in [-0.4, -0.2) is 29.3 Å². The third-order valence-corrected chi connectivity index (χ3v) is 4.38. The molecule has 5 heteroatoms. The Morgan fingerprint density at radius 2 is 2.10 bits per heavy atom. The van der Waals surface area contributed by atoms with E-state index >= 15 is 0 Å². The summed E-state index contributed by atoms with van der Waals surface area (Å²) in [4.78, 5) is 15.2. The molecule has 0 N–H and O–H groups in total. The molecule has 1 fully saturated rings. The Bertz CT molecular complexity index is 632. The van der Waals surface area contributed by atoms with Gasteiger partial charge in [0.1, 0.15) is 11.5 Å². The fourth-order valence-electron chi connectivity index (χ4n) is 2.23. The predicted octanol–water partition coefficient (Wildman–Crippen LogP) is 3.55. The fourth-order valence-corrected chi connectivity index (χ4v) is 2.64. The first-order valence-electron chi connectivity index (χ1n) is 7.02. The van der Waals surface area contributed by atoms with Gasteiger partial charge in [-0.2, -0.15) is 0 Å². The van der Waals surface area contributed by atoms with E-state index in [9.17, 15) is 4.79 Å². The van der Waals surface area contributed by atoms with E-state index in [1.54, 1.807) is 23.7 Å². The molecule has 0 aliphatic heterocycles. The van der Waals surface area contributed by atoms with E-state index in [1.165, 1.54) is 12.8 Å². The number of nitrogens with zero attached hydrogens (tertiary/aromatic N) is 2. The fraction of sp³-hybridized carbons (Fsp3) is 0.375. The molecule has 0 atom stereocenters. The van der Waals surface area contributed by atoms with E-state index in [0.717, 1.165) is 16.3 Å². The molecular weight excluding hydrogens is 284 g/mol. The third-order valence-electron chi connectivity index (χ3n) is 3.64. The summed E-state index contributed by atoms with van der Waals surface area (Å²) < 4.78 is 5.31. The van der Waals surface area contributed by atoms with E-state index in [4.69, 9.17) is 4.52 Å². The number of hydrogen-bond donors (Lipinski definition) is 0. The largest absolute Gasteiger partial charge is 0.361 e. The van der Waals surface area contributed by atoms with Gasteiger partial charge in [0.05, 0.1) is 6.54 Å². The highest BCUT2D eigenvalue weighted by molar-refractivity contribution is 7.98. The van der Waals surface area contributed by atoms with Gasteiger partial charge < -0.3 is 9.42 Å². The van der Waals surface area contributed by atoms with Crippen molar-refractivity contribution in [2.45, 2.75) is 30.2 Å². The molecule has 0 unspecified atom stereocenters. The molecule has 4 nitrogen and oxygen atoms in total. The minimum atomic E-state index is -0.00127. The van der Waals surface area contributed by atoms with Crippen molar-refractivity contribution >= 4 is 17.7 Å². The van der Waals surface area contributed by atoms with Crippen molar-refractivity contribution in [3.63, 3.8) is 0 Å². The van der Waals surface area contributed by atoms with Crippen molar-refractivity contribution in [3.8, 4) is 0 Å². The smallest absolute Gasteiger partial charge is 0.253 e. The zero-order chi connectivity index (χ0) is 14.8. The SMILES string of the molecule is CSc1ccc(C(=O)N(C)Cc2cc(C3CC3)on2)cc1. The maximum absolute atomic E-state index is 12.4. The minimum absolute atomic E-state index is 0.00127. The van der Waals surface area contributed by atoms with Crippen LogP contribution in [-0.2, 0) is 6.54 Å². The summed E-state index contributed by atoms with van der Waals surface area (Å²) in [5.74, 6) is 1.50. The Kier molecular flexibility index (Phi) is 4.01. The quantitative estimate of drug-likeness (QED) is 0.792. The number of carbonyl (C=O) groups excluding carboxylic acids is 1. The maximum atomic E-state index is 12.4. The first-order chi connectivity index (χ1) is 10.2. The van der Waals surface area contributed by atoms with Gasteiger partial charge in [0.15, 0.2) is 0 Å². The number of thioether (sulfide) groups is 1. The lowest BCUT2D eigenvalue weighted by Crippen LogP contribution is -2.26. The highest BCUT2D eigenvalue weighted by atomic mass is 32.2. The molecule has 0 bridgehead atoms. The van der Waals surface area contributed by atoms with E-state index in [1.807, 2.05) is 36.6 Å². The topological polar surface area (TPSA) is 46.3 Å². The molecule has 21 heavy (non-hydrogen) atoms. The number of benzene rings is 1. The molecule has 1 aromatic heterocycles. The van der Waals surface area contributed by atoms with Crippen molar-refractivity contribution in [1.29, 1.82) is 0 Å². The van der Waals surface area contributed by atoms with Gasteiger partial charge in [-0.05, 0) is 43.4 Å². The Hall–Kier alpha value is -1.75. The zero-order valence-electron chi connectivity index (χ0n) is 12.2. The van der Waals surface area contributed by atoms with Gasteiger partial charge in [-0.25, -0.2) is 0 Å².